The second-order valence-electron chi connectivity index (χ2n) is 5.09. The summed E-state index contributed by atoms with van der Waals surface area (Å²) in [7, 11) is 0. The molecule has 0 spiro atoms. The van der Waals surface area contributed by atoms with Crippen molar-refractivity contribution in [1.82, 2.24) is 10.6 Å². The lowest BCUT2D eigenvalue weighted by Crippen LogP contribution is -2.53. The van der Waals surface area contributed by atoms with E-state index in [0.29, 0.717) is 6.54 Å². The molecule has 0 fully saturated rings. The molecule has 0 aliphatic heterocycles. The third kappa shape index (κ3) is 5.57. The predicted molar refractivity (Wildman–Crippen MR) is 97.9 cm³/mol. The molecule has 2 aromatic rings. The number of hydrogen-bond donors (Lipinski definition) is 2. The maximum atomic E-state index is 12.4. The second kappa shape index (κ2) is 8.49. The highest BCUT2D eigenvalue weighted by Gasteiger charge is 2.34. The molecule has 6 nitrogen and oxygen atoms in total. The van der Waals surface area contributed by atoms with Gasteiger partial charge in [-0.15, -0.1) is 0 Å². The molecule has 1 atom stereocenters. The largest absolute Gasteiger partial charge is 0.332 e. The number of carbonyl (C=O) groups is 1. The summed E-state index contributed by atoms with van der Waals surface area (Å²) in [6.45, 7) is 0.330. The van der Waals surface area contributed by atoms with Gasteiger partial charge in [0.1, 0.15) is 11.7 Å². The van der Waals surface area contributed by atoms with Crippen molar-refractivity contribution in [2.24, 2.45) is 0 Å². The van der Waals surface area contributed by atoms with E-state index in [2.05, 4.69) is 10.6 Å². The molecule has 1 amide bonds. The quantitative estimate of drug-likeness (QED) is 0.333. The van der Waals surface area contributed by atoms with Crippen LogP contribution in [0.5, 0.6) is 0 Å². The van der Waals surface area contributed by atoms with Crippen LogP contribution in [0.4, 0.5) is 5.69 Å². The number of nitrogens with one attached hydrogen (secondary N) is 2. The topological polar surface area (TPSA) is 84.3 Å². The van der Waals surface area contributed by atoms with E-state index in [1.165, 1.54) is 24.3 Å². The highest BCUT2D eigenvalue weighted by atomic mass is 35.6. The lowest BCUT2D eigenvalue weighted by atomic mass is 10.1. The molecule has 0 saturated heterocycles. The van der Waals surface area contributed by atoms with Crippen LogP contribution in [0.2, 0.25) is 0 Å². The maximum absolute atomic E-state index is 12.4. The number of benzene rings is 2. The average Bonchev–Trinajstić information content (AvgIpc) is 2.58. The predicted octanol–water partition coefficient (Wildman–Crippen LogP) is 3.81. The van der Waals surface area contributed by atoms with E-state index in [0.717, 1.165) is 5.56 Å². The molecular formula is C16H14Cl3N3O3. The van der Waals surface area contributed by atoms with Crippen molar-refractivity contribution < 1.29 is 9.72 Å². The zero-order chi connectivity index (χ0) is 18.4. The summed E-state index contributed by atoms with van der Waals surface area (Å²) in [6.07, 6.45) is -1.05. The Hall–Kier alpha value is -1.86. The molecule has 0 aliphatic carbocycles. The number of carbonyl (C=O) groups excluding carboxylic acids is 1. The Morgan fingerprint density at radius 3 is 2.28 bits per heavy atom. The standard InChI is InChI=1S/C16H14Cl3N3O3/c17-16(18,19)15(20-10-11-6-2-1-3-7-11)21-14(23)12-8-4-5-9-13(12)22(24)25/h1-9,15,20H,10H2,(H,21,23). The first kappa shape index (κ1) is 19.5. The summed E-state index contributed by atoms with van der Waals surface area (Å²) in [4.78, 5) is 22.8. The van der Waals surface area contributed by atoms with Crippen LogP contribution < -0.4 is 10.6 Å². The minimum Gasteiger partial charge on any atom is -0.332 e. The molecule has 0 aliphatic rings. The SMILES string of the molecule is O=C(NC(NCc1ccccc1)C(Cl)(Cl)Cl)c1ccccc1[N+](=O)[O-]. The molecule has 2 rings (SSSR count). The summed E-state index contributed by atoms with van der Waals surface area (Å²) in [5, 5.41) is 16.5. The van der Waals surface area contributed by atoms with Gasteiger partial charge in [-0.05, 0) is 11.6 Å². The van der Waals surface area contributed by atoms with Gasteiger partial charge in [0.15, 0.2) is 0 Å². The first-order chi connectivity index (χ1) is 11.8. The monoisotopic (exact) mass is 401 g/mol. The van der Waals surface area contributed by atoms with Gasteiger partial charge < -0.3 is 5.32 Å². The number of alkyl halides is 3. The number of amides is 1. The van der Waals surface area contributed by atoms with Gasteiger partial charge in [0.25, 0.3) is 11.6 Å². The Morgan fingerprint density at radius 2 is 1.68 bits per heavy atom. The first-order valence-corrected chi connectivity index (χ1v) is 8.30. The Balaban J connectivity index is 2.14. The molecule has 1 unspecified atom stereocenters. The van der Waals surface area contributed by atoms with Gasteiger partial charge in [-0.25, -0.2) is 0 Å². The molecule has 9 heteroatoms. The second-order valence-corrected chi connectivity index (χ2v) is 7.46. The average molecular weight is 403 g/mol. The van der Waals surface area contributed by atoms with Crippen molar-refractivity contribution >= 4 is 46.4 Å². The van der Waals surface area contributed by atoms with Crippen LogP contribution in [-0.2, 0) is 6.54 Å². The Labute approximate surface area is 159 Å². The van der Waals surface area contributed by atoms with Crippen LogP contribution in [0.15, 0.2) is 54.6 Å². The zero-order valence-corrected chi connectivity index (χ0v) is 15.1. The third-order valence-corrected chi connectivity index (χ3v) is 3.96. The highest BCUT2D eigenvalue weighted by molar-refractivity contribution is 6.68. The number of nitrogens with zero attached hydrogens (tertiary/aromatic N) is 1. The lowest BCUT2D eigenvalue weighted by molar-refractivity contribution is -0.385. The number of para-hydroxylation sites is 1. The van der Waals surface area contributed by atoms with Crippen LogP contribution in [0, 0.1) is 10.1 Å². The van der Waals surface area contributed by atoms with Gasteiger partial charge >= 0.3 is 0 Å². The number of halogens is 3. The van der Waals surface area contributed by atoms with Gasteiger partial charge in [-0.2, -0.15) is 0 Å². The van der Waals surface area contributed by atoms with Crippen LogP contribution in [0.3, 0.4) is 0 Å². The summed E-state index contributed by atoms with van der Waals surface area (Å²) in [5.41, 5.74) is 0.473. The number of nitro benzene ring substituents is 1. The van der Waals surface area contributed by atoms with Crippen molar-refractivity contribution in [3.8, 4) is 0 Å². The van der Waals surface area contributed by atoms with Crippen molar-refractivity contribution in [2.75, 3.05) is 0 Å². The van der Waals surface area contributed by atoms with Crippen LogP contribution in [0.25, 0.3) is 0 Å². The third-order valence-electron chi connectivity index (χ3n) is 3.30. The molecule has 132 valence electrons. The van der Waals surface area contributed by atoms with Gasteiger partial charge in [0.2, 0.25) is 3.79 Å². The molecule has 2 aromatic carbocycles. The molecule has 0 heterocycles. The van der Waals surface area contributed by atoms with Crippen molar-refractivity contribution in [2.45, 2.75) is 16.5 Å². The van der Waals surface area contributed by atoms with Crippen molar-refractivity contribution in [3.05, 3.63) is 75.8 Å². The van der Waals surface area contributed by atoms with E-state index in [9.17, 15) is 14.9 Å². The van der Waals surface area contributed by atoms with E-state index in [1.54, 1.807) is 0 Å². The van der Waals surface area contributed by atoms with E-state index in [-0.39, 0.29) is 11.3 Å². The molecule has 0 saturated carbocycles. The summed E-state index contributed by atoms with van der Waals surface area (Å²) >= 11 is 17.8. The molecule has 0 aromatic heterocycles. The lowest BCUT2D eigenvalue weighted by Gasteiger charge is -2.26. The van der Waals surface area contributed by atoms with Gasteiger partial charge in [-0.1, -0.05) is 77.3 Å². The normalized spacial score (nSPS) is 12.4. The number of hydrogen-bond acceptors (Lipinski definition) is 4. The fraction of sp³-hybridized carbons (Fsp3) is 0.188. The summed E-state index contributed by atoms with van der Waals surface area (Å²) in [6, 6.07) is 14.9. The highest BCUT2D eigenvalue weighted by Crippen LogP contribution is 2.30. The van der Waals surface area contributed by atoms with Crippen LogP contribution >= 0.6 is 34.8 Å². The van der Waals surface area contributed by atoms with E-state index in [1.807, 2.05) is 30.3 Å². The number of nitro groups is 1. The van der Waals surface area contributed by atoms with E-state index >= 15 is 0 Å². The molecule has 2 N–H and O–H groups in total. The zero-order valence-electron chi connectivity index (χ0n) is 12.8. The van der Waals surface area contributed by atoms with Crippen molar-refractivity contribution in [3.63, 3.8) is 0 Å². The van der Waals surface area contributed by atoms with Gasteiger partial charge in [0.05, 0.1) is 4.92 Å². The fourth-order valence-corrected chi connectivity index (χ4v) is 2.49. The van der Waals surface area contributed by atoms with Crippen LogP contribution in [0.1, 0.15) is 15.9 Å². The van der Waals surface area contributed by atoms with Crippen LogP contribution in [-0.4, -0.2) is 20.8 Å². The summed E-state index contributed by atoms with van der Waals surface area (Å²) < 4.78 is -1.85. The molecule has 0 bridgehead atoms. The van der Waals surface area contributed by atoms with E-state index < -0.39 is 20.8 Å². The maximum Gasteiger partial charge on any atom is 0.282 e. The minimum atomic E-state index is -1.85. The Morgan fingerprint density at radius 1 is 1.08 bits per heavy atom. The Kier molecular flexibility index (Phi) is 6.61. The fourth-order valence-electron chi connectivity index (χ4n) is 2.10. The first-order valence-electron chi connectivity index (χ1n) is 7.17. The van der Waals surface area contributed by atoms with Gasteiger partial charge in [0, 0.05) is 12.6 Å². The molecule has 0 radical (unpaired) electrons. The number of rotatable bonds is 6. The van der Waals surface area contributed by atoms with Gasteiger partial charge in [-0.3, -0.25) is 20.2 Å². The van der Waals surface area contributed by atoms with Crippen molar-refractivity contribution in [1.29, 1.82) is 0 Å². The molecular weight excluding hydrogens is 389 g/mol. The van der Waals surface area contributed by atoms with E-state index in [4.69, 9.17) is 34.8 Å². The summed E-state index contributed by atoms with van der Waals surface area (Å²) in [5.74, 6) is -0.718. The Bertz CT molecular complexity index is 751. The molecule has 25 heavy (non-hydrogen) atoms. The smallest absolute Gasteiger partial charge is 0.282 e. The minimum absolute atomic E-state index is 0.117.